The fourth-order valence-corrected chi connectivity index (χ4v) is 8.85. The van der Waals surface area contributed by atoms with E-state index in [1.54, 1.807) is 0 Å². The lowest BCUT2D eigenvalue weighted by molar-refractivity contribution is -0.143. The maximum absolute atomic E-state index is 13.1. The number of amides is 8. The molecule has 0 radical (unpaired) electrons. The molecule has 0 unspecified atom stereocenters. The highest BCUT2D eigenvalue weighted by Crippen LogP contribution is 2.29. The number of nitrogens with one attached hydrogen (secondary N) is 6. The summed E-state index contributed by atoms with van der Waals surface area (Å²) in [5, 5.41) is 43.5. The molecule has 0 aromatic rings. The summed E-state index contributed by atoms with van der Waals surface area (Å²) in [7, 11) is 4.13. The number of carbonyl (C=O) groups is 10. The molecule has 472 valence electrons. The number of hydrogen-bond donors (Lipinski definition) is 9. The Bertz CT molecular complexity index is 1840. The minimum Gasteiger partial charge on any atom is -0.481 e. The average molecular weight is 1170 g/mol. The molecule has 1 fully saturated rings. The molecule has 0 bridgehead atoms. The third-order valence-corrected chi connectivity index (χ3v) is 13.9. The first-order valence-electron chi connectivity index (χ1n) is 29.4. The quantitative estimate of drug-likeness (QED) is 0.0309. The zero-order chi connectivity index (χ0) is 60.6. The van der Waals surface area contributed by atoms with E-state index in [2.05, 4.69) is 31.9 Å². The van der Waals surface area contributed by atoms with E-state index in [1.807, 2.05) is 0 Å². The molecule has 26 nitrogen and oxygen atoms in total. The summed E-state index contributed by atoms with van der Waals surface area (Å²) in [5.41, 5.74) is 0. The minimum absolute atomic E-state index is 0.00411. The van der Waals surface area contributed by atoms with Crippen molar-refractivity contribution in [2.24, 2.45) is 11.8 Å². The van der Waals surface area contributed by atoms with Crippen molar-refractivity contribution >= 4 is 59.4 Å². The second kappa shape index (κ2) is 48.9. The van der Waals surface area contributed by atoms with E-state index in [1.165, 1.54) is 85.5 Å². The molecule has 0 spiro atoms. The molecule has 0 saturated heterocycles. The van der Waals surface area contributed by atoms with E-state index < -0.39 is 84.2 Å². The molecule has 9 N–H and O–H groups in total. The van der Waals surface area contributed by atoms with E-state index in [0.29, 0.717) is 38.6 Å². The van der Waals surface area contributed by atoms with Crippen LogP contribution in [0.3, 0.4) is 0 Å². The van der Waals surface area contributed by atoms with Crippen molar-refractivity contribution in [2.45, 2.75) is 185 Å². The lowest BCUT2D eigenvalue weighted by Crippen LogP contribution is -2.48. The predicted octanol–water partition coefficient (Wildman–Crippen LogP) is 3.80. The van der Waals surface area contributed by atoms with Crippen LogP contribution >= 0.6 is 0 Å². The Kier molecular flexibility index (Phi) is 44.4. The summed E-state index contributed by atoms with van der Waals surface area (Å²) in [6.07, 6.45) is 19.6. The number of carbonyl (C=O) groups excluding carboxylic acids is 7. The number of carboxylic acids is 3. The fraction of sp³-hybridized carbons (Fsp3) is 0.821. The van der Waals surface area contributed by atoms with Gasteiger partial charge in [0.25, 0.3) is 5.91 Å². The topological polar surface area (TPSA) is 362 Å². The van der Waals surface area contributed by atoms with Crippen LogP contribution in [-0.2, 0) is 71.6 Å². The second-order valence-corrected chi connectivity index (χ2v) is 20.6. The van der Waals surface area contributed by atoms with Gasteiger partial charge in [-0.3, -0.25) is 43.3 Å². The molecule has 0 aliphatic heterocycles. The number of unbranched alkanes of at least 4 members (excludes halogenated alkanes) is 15. The SMILES string of the molecule is COC(CNC(=O)N(C)C(=O)COCCOCCNC(=O)COCCOCCNC(=O)[C@H](CCC(=O)O)NC(=O)CC[C@H](NC(=O)C1CCC(CNC(=O)CCCCCCCCCCCCCCCCCCC(=O)O)CC1)C(=O)O)OC. The van der Waals surface area contributed by atoms with E-state index in [-0.39, 0.29) is 110 Å². The van der Waals surface area contributed by atoms with Gasteiger partial charge in [0.1, 0.15) is 25.3 Å². The zero-order valence-corrected chi connectivity index (χ0v) is 49.1. The van der Waals surface area contributed by atoms with Crippen molar-refractivity contribution < 1.29 is 91.7 Å². The molecular weight excluding hydrogens is 1070 g/mol. The third kappa shape index (κ3) is 40.6. The normalized spacial score (nSPS) is 14.7. The molecule has 1 aliphatic rings. The van der Waals surface area contributed by atoms with Gasteiger partial charge < -0.3 is 75.6 Å². The molecule has 1 saturated carbocycles. The first-order chi connectivity index (χ1) is 39.5. The maximum Gasteiger partial charge on any atom is 0.326 e. The first-order valence-corrected chi connectivity index (χ1v) is 29.4. The van der Waals surface area contributed by atoms with Crippen molar-refractivity contribution in [3.63, 3.8) is 0 Å². The Morgan fingerprint density at radius 3 is 1.50 bits per heavy atom. The van der Waals surface area contributed by atoms with E-state index in [9.17, 15) is 58.2 Å². The largest absolute Gasteiger partial charge is 0.481 e. The lowest BCUT2D eigenvalue weighted by Gasteiger charge is -2.28. The number of methoxy groups -OCH3 is 2. The lowest BCUT2D eigenvalue weighted by atomic mass is 9.81. The molecule has 0 aromatic heterocycles. The number of urea groups is 1. The molecule has 8 amide bonds. The number of nitrogens with zero attached hydrogens (tertiary/aromatic N) is 1. The summed E-state index contributed by atoms with van der Waals surface area (Å²) in [5.74, 6) is -6.20. The Hall–Kier alpha value is -5.54. The molecule has 82 heavy (non-hydrogen) atoms. The van der Waals surface area contributed by atoms with Crippen molar-refractivity contribution in [1.82, 2.24) is 36.8 Å². The minimum atomic E-state index is -1.37. The highest BCUT2D eigenvalue weighted by molar-refractivity contribution is 5.94. The molecule has 0 heterocycles. The third-order valence-electron chi connectivity index (χ3n) is 13.9. The van der Waals surface area contributed by atoms with Crippen LogP contribution in [0.25, 0.3) is 0 Å². The van der Waals surface area contributed by atoms with Crippen molar-refractivity contribution in [3.05, 3.63) is 0 Å². The van der Waals surface area contributed by atoms with Crippen LogP contribution < -0.4 is 31.9 Å². The zero-order valence-electron chi connectivity index (χ0n) is 49.1. The van der Waals surface area contributed by atoms with Gasteiger partial charge >= 0.3 is 23.9 Å². The van der Waals surface area contributed by atoms with Gasteiger partial charge in [-0.15, -0.1) is 0 Å². The molecule has 1 rings (SSSR count). The van der Waals surface area contributed by atoms with Gasteiger partial charge in [0.2, 0.25) is 29.5 Å². The van der Waals surface area contributed by atoms with Gasteiger partial charge in [0.05, 0.1) is 46.2 Å². The standard InChI is InChI=1S/C56H99N7O19/c1-63(56(76)60-39-52(77-2)78-3)49(67)41-82-37-35-79-32-30-57-48(66)40-81-36-34-80-33-31-58-54(73)44(27-29-51(70)71)61-47(65)28-26-45(55(74)75)62-53(72)43-24-22-42(23-25-43)38-59-46(64)20-18-16-14-12-10-8-6-4-5-7-9-11-13-15-17-19-21-50(68)69/h42-45,52H,4-41H2,1-3H3,(H,57,66)(H,58,73)(H,59,64)(H,60,76)(H,61,65)(H,62,72)(H,68,69)(H,70,71)(H,74,75)/t42?,43?,44-,45-/m0/s1. The number of imide groups is 1. The van der Waals surface area contributed by atoms with Crippen LogP contribution in [0.2, 0.25) is 0 Å². The summed E-state index contributed by atoms with van der Waals surface area (Å²) >= 11 is 0. The van der Waals surface area contributed by atoms with Gasteiger partial charge in [0.15, 0.2) is 6.29 Å². The average Bonchev–Trinajstić information content (AvgIpc) is 3.45. The summed E-state index contributed by atoms with van der Waals surface area (Å²) in [6.45, 7) is 0.669. The number of carboxylic acid groups (broad SMARTS) is 3. The molecular formula is C56H99N7O19. The van der Waals surface area contributed by atoms with Crippen LogP contribution in [-0.4, -0.2) is 198 Å². The number of likely N-dealkylation sites (N-methyl/N-ethyl adjacent to an activating group) is 1. The smallest absolute Gasteiger partial charge is 0.326 e. The molecule has 0 aromatic carbocycles. The Balaban J connectivity index is 2.19. The highest BCUT2D eigenvalue weighted by atomic mass is 16.7. The van der Waals surface area contributed by atoms with E-state index in [4.69, 9.17) is 33.5 Å². The Labute approximate surface area is 484 Å². The number of hydrogen-bond acceptors (Lipinski definition) is 16. The van der Waals surface area contributed by atoms with Crippen LogP contribution in [0.1, 0.15) is 167 Å². The van der Waals surface area contributed by atoms with Crippen LogP contribution in [0.4, 0.5) is 4.79 Å². The highest BCUT2D eigenvalue weighted by Gasteiger charge is 2.31. The van der Waals surface area contributed by atoms with Gasteiger partial charge in [-0.1, -0.05) is 89.9 Å². The summed E-state index contributed by atoms with van der Waals surface area (Å²) in [6, 6.07) is -3.26. The van der Waals surface area contributed by atoms with Gasteiger partial charge in [-0.25, -0.2) is 9.59 Å². The molecule has 2 atom stereocenters. The van der Waals surface area contributed by atoms with Crippen LogP contribution in [0.15, 0.2) is 0 Å². The summed E-state index contributed by atoms with van der Waals surface area (Å²) in [4.78, 5) is 123. The summed E-state index contributed by atoms with van der Waals surface area (Å²) < 4.78 is 31.2. The number of ether oxygens (including phenoxy) is 6. The number of aliphatic carboxylic acids is 3. The fourth-order valence-electron chi connectivity index (χ4n) is 8.85. The van der Waals surface area contributed by atoms with Gasteiger partial charge in [-0.2, -0.15) is 0 Å². The van der Waals surface area contributed by atoms with Gasteiger partial charge in [0, 0.05) is 72.5 Å². The van der Waals surface area contributed by atoms with E-state index in [0.717, 1.165) is 43.4 Å². The second-order valence-electron chi connectivity index (χ2n) is 20.6. The maximum atomic E-state index is 13.1. The van der Waals surface area contributed by atoms with Crippen LogP contribution in [0, 0.1) is 11.8 Å². The first kappa shape index (κ1) is 74.5. The van der Waals surface area contributed by atoms with Gasteiger partial charge in [-0.05, 0) is 57.3 Å². The van der Waals surface area contributed by atoms with Crippen molar-refractivity contribution in [3.8, 4) is 0 Å². The molecule has 26 heteroatoms. The van der Waals surface area contributed by atoms with Crippen molar-refractivity contribution in [2.75, 3.05) is 100 Å². The monoisotopic (exact) mass is 1170 g/mol. The Morgan fingerprint density at radius 2 is 0.976 bits per heavy atom. The van der Waals surface area contributed by atoms with Crippen molar-refractivity contribution in [1.29, 1.82) is 0 Å². The Morgan fingerprint density at radius 1 is 0.488 bits per heavy atom. The van der Waals surface area contributed by atoms with E-state index >= 15 is 0 Å². The van der Waals surface area contributed by atoms with Crippen LogP contribution in [0.5, 0.6) is 0 Å². The predicted molar refractivity (Wildman–Crippen MR) is 300 cm³/mol. The number of rotatable bonds is 52. The molecule has 1 aliphatic carbocycles.